The summed E-state index contributed by atoms with van der Waals surface area (Å²) in [6, 6.07) is 6.04. The normalized spacial score (nSPS) is 16.8. The van der Waals surface area contributed by atoms with Crippen LogP contribution < -0.4 is 10.6 Å². The fourth-order valence-electron chi connectivity index (χ4n) is 3.08. The maximum Gasteiger partial charge on any atom is 0.0651 e. The largest absolute Gasteiger partial charge is 0.405 e. The molecule has 0 bridgehead atoms. The van der Waals surface area contributed by atoms with E-state index in [1.54, 1.807) is 0 Å². The first-order valence-corrected chi connectivity index (χ1v) is 9.09. The number of rotatable bonds is 13. The van der Waals surface area contributed by atoms with Gasteiger partial charge in [0.25, 0.3) is 0 Å². The Morgan fingerprint density at radius 3 is 2.54 bits per heavy atom. The van der Waals surface area contributed by atoms with Crippen LogP contribution in [0.1, 0.15) is 36.8 Å². The van der Waals surface area contributed by atoms with Gasteiger partial charge in [0.2, 0.25) is 0 Å². The number of hydrogen-bond acceptors (Lipinski definition) is 4. The first kappa shape index (κ1) is 19.0. The summed E-state index contributed by atoms with van der Waals surface area (Å²) < 4.78 is 0. The van der Waals surface area contributed by atoms with Crippen LogP contribution in [0.25, 0.3) is 0 Å². The summed E-state index contributed by atoms with van der Waals surface area (Å²) in [5.41, 5.74) is 3.35. The second-order valence-electron chi connectivity index (χ2n) is 6.42. The van der Waals surface area contributed by atoms with Gasteiger partial charge in [-0.15, -0.1) is 5.56 Å². The van der Waals surface area contributed by atoms with Gasteiger partial charge in [-0.3, -0.25) is 0 Å². The van der Waals surface area contributed by atoms with Gasteiger partial charge >= 0.3 is 0 Å². The van der Waals surface area contributed by atoms with E-state index in [4.69, 9.17) is 0 Å². The van der Waals surface area contributed by atoms with E-state index in [0.29, 0.717) is 5.92 Å². The molecule has 4 nitrogen and oxygen atoms in total. The Kier molecular flexibility index (Phi) is 8.92. The Balaban J connectivity index is 1.39. The van der Waals surface area contributed by atoms with Gasteiger partial charge in [-0.25, -0.2) is 6.07 Å². The van der Waals surface area contributed by atoms with Crippen LogP contribution in [0.3, 0.4) is 0 Å². The smallest absolute Gasteiger partial charge is 0.0651 e. The molecule has 1 unspecified atom stereocenters. The maximum absolute atomic E-state index is 9.22. The number of nitrogens with one attached hydrogen (secondary N) is 2. The van der Waals surface area contributed by atoms with E-state index in [0.717, 1.165) is 37.3 Å². The minimum Gasteiger partial charge on any atom is -0.405 e. The van der Waals surface area contributed by atoms with Gasteiger partial charge in [-0.1, -0.05) is 31.1 Å². The summed E-state index contributed by atoms with van der Waals surface area (Å²) in [5.74, 6) is 0.374. The molecule has 0 amide bonds. The second kappa shape index (κ2) is 11.3. The highest BCUT2D eigenvalue weighted by Crippen LogP contribution is 2.17. The molecule has 1 aliphatic carbocycles. The highest BCUT2D eigenvalue weighted by Gasteiger charge is 2.12. The van der Waals surface area contributed by atoms with Crippen molar-refractivity contribution in [3.8, 4) is 0 Å². The van der Waals surface area contributed by atoms with Crippen molar-refractivity contribution in [2.24, 2.45) is 5.92 Å². The highest BCUT2D eigenvalue weighted by atomic mass is 16.3. The van der Waals surface area contributed by atoms with E-state index in [2.05, 4.69) is 22.8 Å². The van der Waals surface area contributed by atoms with Gasteiger partial charge in [-0.2, -0.15) is 17.7 Å². The van der Waals surface area contributed by atoms with Gasteiger partial charge in [0.1, 0.15) is 0 Å². The van der Waals surface area contributed by atoms with Crippen molar-refractivity contribution in [3.05, 3.63) is 53.1 Å². The standard InChI is InChI=1S/C20H31N2O2/c23-15-19-9-5-7-17(19)13-21-11-3-1-2-4-12-22-14-18-8-6-10-20(18)16-24/h5-10,17,21-24H,1-4,11-16H2/q-1. The SMILES string of the molecule is OCC1=CC=CC1CNCCCCCCNCc1[cH-]ccc1CO. The van der Waals surface area contributed by atoms with Crippen molar-refractivity contribution in [1.82, 2.24) is 10.6 Å². The lowest BCUT2D eigenvalue weighted by Crippen LogP contribution is -2.24. The monoisotopic (exact) mass is 331 g/mol. The summed E-state index contributed by atoms with van der Waals surface area (Å²) in [7, 11) is 0. The Bertz CT molecular complexity index is 519. The van der Waals surface area contributed by atoms with Crippen molar-refractivity contribution >= 4 is 0 Å². The third-order valence-electron chi connectivity index (χ3n) is 4.63. The molecule has 0 fully saturated rings. The third kappa shape index (κ3) is 6.29. The minimum absolute atomic E-state index is 0.128. The molecule has 1 aliphatic rings. The van der Waals surface area contributed by atoms with Crippen molar-refractivity contribution in [3.63, 3.8) is 0 Å². The van der Waals surface area contributed by atoms with E-state index in [9.17, 15) is 10.2 Å². The highest BCUT2D eigenvalue weighted by molar-refractivity contribution is 5.28. The van der Waals surface area contributed by atoms with Crippen molar-refractivity contribution in [2.45, 2.75) is 38.8 Å². The zero-order valence-electron chi connectivity index (χ0n) is 14.5. The average molecular weight is 331 g/mol. The lowest BCUT2D eigenvalue weighted by atomic mass is 10.0. The van der Waals surface area contributed by atoms with E-state index in [1.165, 1.54) is 31.2 Å². The zero-order valence-corrected chi connectivity index (χ0v) is 14.5. The number of hydrogen-bond donors (Lipinski definition) is 4. The quantitative estimate of drug-likeness (QED) is 0.331. The first-order chi connectivity index (χ1) is 11.8. The van der Waals surface area contributed by atoms with Crippen molar-refractivity contribution in [1.29, 1.82) is 0 Å². The van der Waals surface area contributed by atoms with E-state index >= 15 is 0 Å². The molecule has 4 heteroatoms. The van der Waals surface area contributed by atoms with Gasteiger partial charge in [-0.05, 0) is 38.0 Å². The molecule has 1 aromatic carbocycles. The summed E-state index contributed by atoms with van der Waals surface area (Å²) >= 11 is 0. The predicted molar refractivity (Wildman–Crippen MR) is 98.8 cm³/mol. The third-order valence-corrected chi connectivity index (χ3v) is 4.63. The van der Waals surface area contributed by atoms with Crippen molar-refractivity contribution in [2.75, 3.05) is 26.2 Å². The Morgan fingerprint density at radius 2 is 1.79 bits per heavy atom. The van der Waals surface area contributed by atoms with Gasteiger partial charge < -0.3 is 20.8 Å². The molecular weight excluding hydrogens is 300 g/mol. The summed E-state index contributed by atoms with van der Waals surface area (Å²) in [6.45, 7) is 4.14. The Labute approximate surface area is 145 Å². The Morgan fingerprint density at radius 1 is 1.00 bits per heavy atom. The number of aliphatic hydroxyl groups excluding tert-OH is 2. The van der Waals surface area contributed by atoms with Crippen LogP contribution in [-0.2, 0) is 13.2 Å². The van der Waals surface area contributed by atoms with E-state index in [1.807, 2.05) is 24.3 Å². The zero-order chi connectivity index (χ0) is 17.0. The fraction of sp³-hybridized carbons (Fsp3) is 0.550. The molecule has 0 radical (unpaired) electrons. The molecule has 0 saturated heterocycles. The Hall–Kier alpha value is -1.33. The fourth-order valence-corrected chi connectivity index (χ4v) is 3.08. The molecule has 4 N–H and O–H groups in total. The molecule has 0 aromatic heterocycles. The number of aliphatic hydroxyl groups is 2. The van der Waals surface area contributed by atoms with Crippen LogP contribution in [0.15, 0.2) is 42.0 Å². The molecule has 0 spiro atoms. The summed E-state index contributed by atoms with van der Waals surface area (Å²) in [5, 5.41) is 25.3. The summed E-state index contributed by atoms with van der Waals surface area (Å²) in [4.78, 5) is 0. The molecule has 1 aromatic rings. The molecule has 0 aliphatic heterocycles. The molecule has 2 rings (SSSR count). The van der Waals surface area contributed by atoms with Gasteiger partial charge in [0, 0.05) is 19.1 Å². The van der Waals surface area contributed by atoms with E-state index in [-0.39, 0.29) is 13.2 Å². The van der Waals surface area contributed by atoms with Crippen LogP contribution in [0.5, 0.6) is 0 Å². The second-order valence-corrected chi connectivity index (χ2v) is 6.42. The number of allylic oxidation sites excluding steroid dienone is 2. The number of unbranched alkanes of at least 4 members (excludes halogenated alkanes) is 3. The van der Waals surface area contributed by atoms with Crippen LogP contribution in [-0.4, -0.2) is 36.5 Å². The van der Waals surface area contributed by atoms with E-state index < -0.39 is 0 Å². The lowest BCUT2D eigenvalue weighted by molar-refractivity contribution is 0.281. The predicted octanol–water partition coefficient (Wildman–Crippen LogP) is 2.24. The van der Waals surface area contributed by atoms with Gasteiger partial charge in [0.05, 0.1) is 6.61 Å². The lowest BCUT2D eigenvalue weighted by Gasteiger charge is -2.13. The van der Waals surface area contributed by atoms with Crippen LogP contribution in [0.2, 0.25) is 0 Å². The van der Waals surface area contributed by atoms with Crippen LogP contribution in [0.4, 0.5) is 0 Å². The minimum atomic E-state index is 0.128. The molecular formula is C20H31N2O2-. The van der Waals surface area contributed by atoms with Crippen LogP contribution in [0, 0.1) is 5.92 Å². The molecule has 134 valence electrons. The topological polar surface area (TPSA) is 64.5 Å². The van der Waals surface area contributed by atoms with Gasteiger partial charge in [0.15, 0.2) is 0 Å². The molecule has 24 heavy (non-hydrogen) atoms. The van der Waals surface area contributed by atoms with Crippen LogP contribution >= 0.6 is 0 Å². The molecule has 0 heterocycles. The summed E-state index contributed by atoms with van der Waals surface area (Å²) in [6.07, 6.45) is 11.1. The maximum atomic E-state index is 9.22. The van der Waals surface area contributed by atoms with Crippen molar-refractivity contribution < 1.29 is 10.2 Å². The average Bonchev–Trinajstić information content (AvgIpc) is 3.24. The molecule has 1 atom stereocenters. The first-order valence-electron chi connectivity index (χ1n) is 9.09. The molecule has 0 saturated carbocycles.